The lowest BCUT2D eigenvalue weighted by Crippen LogP contribution is -2.36. The fourth-order valence-corrected chi connectivity index (χ4v) is 3.00. The summed E-state index contributed by atoms with van der Waals surface area (Å²) in [6, 6.07) is 1.82. The van der Waals surface area contributed by atoms with Gasteiger partial charge in [0.2, 0.25) is 10.0 Å². The lowest BCUT2D eigenvalue weighted by Gasteiger charge is -2.19. The van der Waals surface area contributed by atoms with Crippen LogP contribution >= 0.6 is 0 Å². The summed E-state index contributed by atoms with van der Waals surface area (Å²) >= 11 is 0. The molecule has 0 heterocycles. The molecule has 0 spiro atoms. The van der Waals surface area contributed by atoms with E-state index in [2.05, 4.69) is 16.9 Å². The van der Waals surface area contributed by atoms with Gasteiger partial charge in [0.25, 0.3) is 0 Å². The number of allylic oxidation sites excluding steroid dienone is 2. The second-order valence-corrected chi connectivity index (χ2v) is 6.02. The van der Waals surface area contributed by atoms with Crippen LogP contribution in [-0.4, -0.2) is 20.2 Å². The molecule has 0 aromatic rings. The first-order valence-electron chi connectivity index (χ1n) is 5.63. The predicted octanol–water partition coefficient (Wildman–Crippen LogP) is 1.56. The Morgan fingerprint density at radius 1 is 1.56 bits per heavy atom. The quantitative estimate of drug-likeness (QED) is 0.744. The summed E-state index contributed by atoms with van der Waals surface area (Å²) in [5, 5.41) is 7.79. The van der Waals surface area contributed by atoms with E-state index in [-0.39, 0.29) is 0 Å². The lowest BCUT2D eigenvalue weighted by molar-refractivity contribution is 0.467. The Morgan fingerprint density at radius 3 is 2.81 bits per heavy atom. The van der Waals surface area contributed by atoms with Gasteiger partial charge in [-0.15, -0.1) is 0 Å². The zero-order valence-electron chi connectivity index (χ0n) is 9.52. The van der Waals surface area contributed by atoms with Crippen LogP contribution in [0.1, 0.15) is 32.6 Å². The topological polar surface area (TPSA) is 70.0 Å². The summed E-state index contributed by atoms with van der Waals surface area (Å²) < 4.78 is 25.9. The lowest BCUT2D eigenvalue weighted by atomic mass is 9.95. The van der Waals surface area contributed by atoms with E-state index in [4.69, 9.17) is 5.26 Å². The van der Waals surface area contributed by atoms with Crippen LogP contribution in [-0.2, 0) is 10.0 Å². The van der Waals surface area contributed by atoms with Crippen molar-refractivity contribution in [3.63, 3.8) is 0 Å². The van der Waals surface area contributed by atoms with Gasteiger partial charge in [0.05, 0.1) is 6.07 Å². The second-order valence-electron chi connectivity index (χ2n) is 4.07. The molecule has 90 valence electrons. The molecule has 2 unspecified atom stereocenters. The maximum atomic E-state index is 11.7. The summed E-state index contributed by atoms with van der Waals surface area (Å²) in [4.78, 5) is 0. The zero-order valence-corrected chi connectivity index (χ0v) is 10.3. The Kier molecular flexibility index (Phi) is 4.97. The standard InChI is InChI=1S/C11H18N2O2S/c1-2-11(8-12)16(14,15)13-9-10-6-4-3-5-7-10/h3-4,10-11,13H,2,5-7,9H2,1H3. The highest BCUT2D eigenvalue weighted by Crippen LogP contribution is 2.17. The Balaban J connectivity index is 2.48. The van der Waals surface area contributed by atoms with E-state index in [1.54, 1.807) is 6.92 Å². The molecule has 0 aliphatic heterocycles. The molecular weight excluding hydrogens is 224 g/mol. The van der Waals surface area contributed by atoms with Crippen LogP contribution in [0.25, 0.3) is 0 Å². The molecule has 0 aromatic carbocycles. The number of hydrogen-bond acceptors (Lipinski definition) is 3. The van der Waals surface area contributed by atoms with Crippen molar-refractivity contribution >= 4 is 10.0 Å². The first-order chi connectivity index (χ1) is 7.60. The molecular formula is C11H18N2O2S. The van der Waals surface area contributed by atoms with E-state index in [9.17, 15) is 8.42 Å². The minimum absolute atomic E-state index is 0.330. The normalized spacial score (nSPS) is 22.6. The van der Waals surface area contributed by atoms with Gasteiger partial charge in [0, 0.05) is 6.54 Å². The number of nitrogens with zero attached hydrogens (tertiary/aromatic N) is 1. The zero-order chi connectivity index (χ0) is 12.0. The van der Waals surface area contributed by atoms with Crippen molar-refractivity contribution in [3.8, 4) is 6.07 Å². The number of nitriles is 1. The van der Waals surface area contributed by atoms with Crippen molar-refractivity contribution in [2.75, 3.05) is 6.54 Å². The van der Waals surface area contributed by atoms with Crippen LogP contribution < -0.4 is 4.72 Å². The number of rotatable bonds is 5. The van der Waals surface area contributed by atoms with E-state index in [1.807, 2.05) is 6.07 Å². The smallest absolute Gasteiger partial charge is 0.214 e. The van der Waals surface area contributed by atoms with Crippen LogP contribution in [0.3, 0.4) is 0 Å². The van der Waals surface area contributed by atoms with Crippen molar-refractivity contribution < 1.29 is 8.42 Å². The van der Waals surface area contributed by atoms with Crippen LogP contribution in [0.2, 0.25) is 0 Å². The third kappa shape index (κ3) is 3.62. The summed E-state index contributed by atoms with van der Waals surface area (Å²) in [6.45, 7) is 2.15. The first kappa shape index (κ1) is 13.2. The molecule has 0 fully saturated rings. The number of hydrogen-bond donors (Lipinski definition) is 1. The highest BCUT2D eigenvalue weighted by molar-refractivity contribution is 7.90. The molecule has 1 aliphatic carbocycles. The largest absolute Gasteiger partial charge is 0.227 e. The molecule has 0 amide bonds. The van der Waals surface area contributed by atoms with Crippen LogP contribution in [0.15, 0.2) is 12.2 Å². The monoisotopic (exact) mass is 242 g/mol. The highest BCUT2D eigenvalue weighted by Gasteiger charge is 2.24. The van der Waals surface area contributed by atoms with Crippen molar-refractivity contribution in [1.29, 1.82) is 5.26 Å². The summed E-state index contributed by atoms with van der Waals surface area (Å²) in [7, 11) is -3.46. The molecule has 0 saturated heterocycles. The van der Waals surface area contributed by atoms with Gasteiger partial charge < -0.3 is 0 Å². The van der Waals surface area contributed by atoms with Crippen LogP contribution in [0, 0.1) is 17.2 Å². The molecule has 4 nitrogen and oxygen atoms in total. The van der Waals surface area contributed by atoms with Gasteiger partial charge >= 0.3 is 0 Å². The van der Waals surface area contributed by atoms with Crippen molar-refractivity contribution in [3.05, 3.63) is 12.2 Å². The molecule has 1 rings (SSSR count). The number of sulfonamides is 1. The average molecular weight is 242 g/mol. The molecule has 0 saturated carbocycles. The van der Waals surface area contributed by atoms with Crippen LogP contribution in [0.4, 0.5) is 0 Å². The Morgan fingerprint density at radius 2 is 2.31 bits per heavy atom. The summed E-state index contributed by atoms with van der Waals surface area (Å²) in [6.07, 6.45) is 7.49. The SMILES string of the molecule is CCC(C#N)S(=O)(=O)NCC1CC=CCC1. The van der Waals surface area contributed by atoms with Gasteiger partial charge in [-0.3, -0.25) is 0 Å². The molecule has 5 heteroatoms. The predicted molar refractivity (Wildman–Crippen MR) is 63.1 cm³/mol. The minimum atomic E-state index is -3.46. The van der Waals surface area contributed by atoms with E-state index in [0.717, 1.165) is 19.3 Å². The molecule has 2 atom stereocenters. The van der Waals surface area contributed by atoms with E-state index in [1.165, 1.54) is 0 Å². The summed E-state index contributed by atoms with van der Waals surface area (Å²) in [5.41, 5.74) is 0. The van der Waals surface area contributed by atoms with Crippen molar-refractivity contribution in [2.24, 2.45) is 5.92 Å². The average Bonchev–Trinajstić information content (AvgIpc) is 2.29. The van der Waals surface area contributed by atoms with Gasteiger partial charge in [0.15, 0.2) is 5.25 Å². The van der Waals surface area contributed by atoms with Crippen molar-refractivity contribution in [2.45, 2.75) is 37.9 Å². The van der Waals surface area contributed by atoms with Gasteiger partial charge in [-0.2, -0.15) is 5.26 Å². The fourth-order valence-electron chi connectivity index (χ4n) is 1.76. The second kappa shape index (κ2) is 6.02. The third-order valence-corrected chi connectivity index (χ3v) is 4.60. The van der Waals surface area contributed by atoms with E-state index < -0.39 is 15.3 Å². The molecule has 1 N–H and O–H groups in total. The Bertz CT molecular complexity index is 381. The molecule has 16 heavy (non-hydrogen) atoms. The van der Waals surface area contributed by atoms with E-state index in [0.29, 0.717) is 18.9 Å². The molecule has 1 aliphatic rings. The molecule has 0 radical (unpaired) electrons. The third-order valence-electron chi connectivity index (χ3n) is 2.84. The number of nitrogens with one attached hydrogen (secondary N) is 1. The maximum Gasteiger partial charge on any atom is 0.227 e. The summed E-state index contributed by atoms with van der Waals surface area (Å²) in [5.74, 6) is 0.371. The molecule has 0 aromatic heterocycles. The minimum Gasteiger partial charge on any atom is -0.214 e. The van der Waals surface area contributed by atoms with Gasteiger partial charge in [-0.25, -0.2) is 13.1 Å². The Labute approximate surface area is 97.4 Å². The van der Waals surface area contributed by atoms with Gasteiger partial charge in [0.1, 0.15) is 0 Å². The first-order valence-corrected chi connectivity index (χ1v) is 7.18. The highest BCUT2D eigenvalue weighted by atomic mass is 32.2. The maximum absolute atomic E-state index is 11.7. The van der Waals surface area contributed by atoms with Gasteiger partial charge in [-0.1, -0.05) is 19.1 Å². The van der Waals surface area contributed by atoms with Gasteiger partial charge in [-0.05, 0) is 31.6 Å². The fraction of sp³-hybridized carbons (Fsp3) is 0.727. The van der Waals surface area contributed by atoms with E-state index >= 15 is 0 Å². The Hall–Kier alpha value is -0.860. The molecule has 0 bridgehead atoms. The van der Waals surface area contributed by atoms with Crippen LogP contribution in [0.5, 0.6) is 0 Å². The van der Waals surface area contributed by atoms with Crippen molar-refractivity contribution in [1.82, 2.24) is 4.72 Å².